The molecule has 108 valence electrons. The zero-order valence-corrected chi connectivity index (χ0v) is 11.6. The number of nitrogen functional groups attached to an aromatic ring is 1. The minimum absolute atomic E-state index is 0.0301. The number of nitrogens with two attached hydrogens (primary N) is 1. The van der Waals surface area contributed by atoms with Crippen LogP contribution in [0.15, 0.2) is 47.4 Å². The summed E-state index contributed by atoms with van der Waals surface area (Å²) in [5.74, 6) is 0.513. The lowest BCUT2D eigenvalue weighted by Gasteiger charge is -2.03. The topological polar surface area (TPSA) is 112 Å². The van der Waals surface area contributed by atoms with Crippen molar-refractivity contribution in [2.75, 3.05) is 5.73 Å². The summed E-state index contributed by atoms with van der Waals surface area (Å²) in [5, 5.41) is 21.4. The lowest BCUT2D eigenvalue weighted by molar-refractivity contribution is -0.384. The van der Waals surface area contributed by atoms with Gasteiger partial charge in [-0.25, -0.2) is 0 Å². The summed E-state index contributed by atoms with van der Waals surface area (Å²) in [5.41, 5.74) is 6.34. The molecule has 0 unspecified atom stereocenters. The quantitative estimate of drug-likeness (QED) is 0.392. The van der Waals surface area contributed by atoms with Gasteiger partial charge in [-0.2, -0.15) is 0 Å². The molecule has 0 radical (unpaired) electrons. The SMILES string of the molecule is Nc1ccc(CSc2ccc([N+](=O)[O-])cc2)cc1[N+](=O)[O-]. The number of non-ortho nitro benzene ring substituents is 1. The Bertz CT molecular complexity index is 688. The molecule has 0 aliphatic rings. The summed E-state index contributed by atoms with van der Waals surface area (Å²) in [6, 6.07) is 10.8. The third-order valence-corrected chi connectivity index (χ3v) is 3.83. The minimum atomic E-state index is -0.518. The van der Waals surface area contributed by atoms with Crippen molar-refractivity contribution >= 4 is 28.8 Å². The van der Waals surface area contributed by atoms with Crippen LogP contribution in [-0.2, 0) is 5.75 Å². The molecule has 0 saturated carbocycles. The molecule has 21 heavy (non-hydrogen) atoms. The average Bonchev–Trinajstić information content (AvgIpc) is 2.46. The van der Waals surface area contributed by atoms with Crippen LogP contribution in [0.2, 0.25) is 0 Å². The highest BCUT2D eigenvalue weighted by Crippen LogP contribution is 2.28. The van der Waals surface area contributed by atoms with Crippen LogP contribution >= 0.6 is 11.8 Å². The van der Waals surface area contributed by atoms with Gasteiger partial charge < -0.3 is 5.73 Å². The fourth-order valence-electron chi connectivity index (χ4n) is 1.67. The summed E-state index contributed by atoms with van der Waals surface area (Å²) in [6.45, 7) is 0. The van der Waals surface area contributed by atoms with Crippen molar-refractivity contribution in [2.24, 2.45) is 0 Å². The molecule has 8 heteroatoms. The van der Waals surface area contributed by atoms with E-state index in [1.54, 1.807) is 18.2 Å². The first-order valence-electron chi connectivity index (χ1n) is 5.87. The Morgan fingerprint density at radius 1 is 1.00 bits per heavy atom. The van der Waals surface area contributed by atoms with Gasteiger partial charge in [0.1, 0.15) is 5.69 Å². The van der Waals surface area contributed by atoms with Gasteiger partial charge in [-0.05, 0) is 23.8 Å². The molecule has 0 aliphatic heterocycles. The molecular formula is C13H11N3O4S. The number of nitro groups is 2. The Kier molecular flexibility index (Phi) is 4.39. The summed E-state index contributed by atoms with van der Waals surface area (Å²) >= 11 is 1.43. The first kappa shape index (κ1) is 14.8. The van der Waals surface area contributed by atoms with Gasteiger partial charge in [0, 0.05) is 28.8 Å². The van der Waals surface area contributed by atoms with Crippen LogP contribution in [0.4, 0.5) is 17.1 Å². The number of anilines is 1. The molecule has 2 aromatic carbocycles. The number of thioether (sulfide) groups is 1. The maximum Gasteiger partial charge on any atom is 0.292 e. The highest BCUT2D eigenvalue weighted by molar-refractivity contribution is 7.98. The lowest BCUT2D eigenvalue weighted by atomic mass is 10.2. The van der Waals surface area contributed by atoms with Gasteiger partial charge in [0.05, 0.1) is 9.85 Å². The Labute approximate surface area is 124 Å². The summed E-state index contributed by atoms with van der Waals surface area (Å²) < 4.78 is 0. The van der Waals surface area contributed by atoms with Crippen LogP contribution in [0.25, 0.3) is 0 Å². The van der Waals surface area contributed by atoms with Gasteiger partial charge in [0.2, 0.25) is 0 Å². The normalized spacial score (nSPS) is 10.3. The molecule has 2 rings (SSSR count). The van der Waals surface area contributed by atoms with Crippen LogP contribution in [0.1, 0.15) is 5.56 Å². The lowest BCUT2D eigenvalue weighted by Crippen LogP contribution is -1.96. The Morgan fingerprint density at radius 3 is 2.24 bits per heavy atom. The number of benzene rings is 2. The van der Waals surface area contributed by atoms with Gasteiger partial charge in [-0.3, -0.25) is 20.2 Å². The van der Waals surface area contributed by atoms with Gasteiger partial charge in [-0.1, -0.05) is 6.07 Å². The Balaban J connectivity index is 2.07. The van der Waals surface area contributed by atoms with Crippen molar-refractivity contribution < 1.29 is 9.85 Å². The third-order valence-electron chi connectivity index (χ3n) is 2.74. The van der Waals surface area contributed by atoms with Gasteiger partial charge in [0.25, 0.3) is 11.4 Å². The zero-order valence-electron chi connectivity index (χ0n) is 10.8. The van der Waals surface area contributed by atoms with Gasteiger partial charge in [-0.15, -0.1) is 11.8 Å². The van der Waals surface area contributed by atoms with Crippen molar-refractivity contribution in [2.45, 2.75) is 10.6 Å². The van der Waals surface area contributed by atoms with E-state index in [1.165, 1.54) is 36.0 Å². The second-order valence-corrected chi connectivity index (χ2v) is 5.24. The van der Waals surface area contributed by atoms with E-state index >= 15 is 0 Å². The molecular weight excluding hydrogens is 294 g/mol. The zero-order chi connectivity index (χ0) is 15.4. The molecule has 0 heterocycles. The molecule has 0 saturated heterocycles. The fourth-order valence-corrected chi connectivity index (χ4v) is 2.51. The van der Waals surface area contributed by atoms with Crippen LogP contribution in [0, 0.1) is 20.2 Å². The highest BCUT2D eigenvalue weighted by Gasteiger charge is 2.12. The van der Waals surface area contributed by atoms with Crippen LogP contribution < -0.4 is 5.73 Å². The van der Waals surface area contributed by atoms with E-state index in [2.05, 4.69) is 0 Å². The van der Waals surface area contributed by atoms with Gasteiger partial charge in [0.15, 0.2) is 0 Å². The first-order valence-corrected chi connectivity index (χ1v) is 6.86. The van der Waals surface area contributed by atoms with E-state index in [4.69, 9.17) is 5.73 Å². The van der Waals surface area contributed by atoms with Gasteiger partial charge >= 0.3 is 0 Å². The van der Waals surface area contributed by atoms with Crippen LogP contribution in [0.3, 0.4) is 0 Å². The van der Waals surface area contributed by atoms with E-state index in [0.29, 0.717) is 5.75 Å². The predicted octanol–water partition coefficient (Wildman–Crippen LogP) is 3.38. The third kappa shape index (κ3) is 3.69. The van der Waals surface area contributed by atoms with E-state index in [0.717, 1.165) is 10.5 Å². The number of rotatable bonds is 5. The number of nitro benzene ring substituents is 2. The molecule has 2 N–H and O–H groups in total. The smallest absolute Gasteiger partial charge is 0.292 e. The maximum absolute atomic E-state index is 10.8. The standard InChI is InChI=1S/C13H11N3O4S/c14-12-6-1-9(7-13(12)16(19)20)8-21-11-4-2-10(3-5-11)15(17)18/h1-7H,8,14H2. The second kappa shape index (κ2) is 6.23. The molecule has 0 amide bonds. The largest absolute Gasteiger partial charge is 0.393 e. The van der Waals surface area contributed by atoms with E-state index in [9.17, 15) is 20.2 Å². The second-order valence-electron chi connectivity index (χ2n) is 4.19. The molecule has 7 nitrogen and oxygen atoms in total. The van der Waals surface area contributed by atoms with Crippen molar-refractivity contribution in [3.05, 3.63) is 68.3 Å². The van der Waals surface area contributed by atoms with Crippen molar-refractivity contribution in [3.8, 4) is 0 Å². The number of hydrogen-bond acceptors (Lipinski definition) is 6. The highest BCUT2D eigenvalue weighted by atomic mass is 32.2. The monoisotopic (exact) mass is 305 g/mol. The Morgan fingerprint density at radius 2 is 1.67 bits per heavy atom. The van der Waals surface area contributed by atoms with Crippen LogP contribution in [0.5, 0.6) is 0 Å². The Hall–Kier alpha value is -2.61. The average molecular weight is 305 g/mol. The predicted molar refractivity (Wildman–Crippen MR) is 80.2 cm³/mol. The summed E-state index contributed by atoms with van der Waals surface area (Å²) in [6.07, 6.45) is 0. The first-order chi connectivity index (χ1) is 9.97. The summed E-state index contributed by atoms with van der Waals surface area (Å²) in [4.78, 5) is 21.2. The summed E-state index contributed by atoms with van der Waals surface area (Å²) in [7, 11) is 0. The molecule has 0 aliphatic carbocycles. The van der Waals surface area contributed by atoms with Crippen molar-refractivity contribution in [1.82, 2.24) is 0 Å². The van der Waals surface area contributed by atoms with E-state index < -0.39 is 9.85 Å². The van der Waals surface area contributed by atoms with E-state index in [-0.39, 0.29) is 17.1 Å². The molecule has 0 bridgehead atoms. The van der Waals surface area contributed by atoms with Crippen LogP contribution in [-0.4, -0.2) is 9.85 Å². The molecule has 0 atom stereocenters. The van der Waals surface area contributed by atoms with E-state index in [1.807, 2.05) is 0 Å². The van der Waals surface area contributed by atoms with Crippen molar-refractivity contribution in [1.29, 1.82) is 0 Å². The number of nitrogens with zero attached hydrogens (tertiary/aromatic N) is 2. The number of hydrogen-bond donors (Lipinski definition) is 1. The molecule has 0 aromatic heterocycles. The van der Waals surface area contributed by atoms with Crippen molar-refractivity contribution in [3.63, 3.8) is 0 Å². The minimum Gasteiger partial charge on any atom is -0.393 e. The fraction of sp³-hybridized carbons (Fsp3) is 0.0769. The molecule has 2 aromatic rings. The maximum atomic E-state index is 10.8. The molecule has 0 fully saturated rings. The molecule has 0 spiro atoms.